The Kier molecular flexibility index (Phi) is 4.35. The van der Waals surface area contributed by atoms with Gasteiger partial charge >= 0.3 is 6.16 Å². The molecule has 0 saturated heterocycles. The number of halogens is 1. The van der Waals surface area contributed by atoms with Crippen LogP contribution >= 0.6 is 15.9 Å². The van der Waals surface area contributed by atoms with Crippen molar-refractivity contribution in [3.05, 3.63) is 12.3 Å². The van der Waals surface area contributed by atoms with Crippen LogP contribution in [0.25, 0.3) is 0 Å². The molecule has 0 amide bonds. The molecule has 0 atom stereocenters. The summed E-state index contributed by atoms with van der Waals surface area (Å²) in [5.41, 5.74) is 0. The molecule has 0 radical (unpaired) electrons. The SMILES string of the molecule is O=C(O)OC=CCBr. The molecule has 0 aliphatic heterocycles. The van der Waals surface area contributed by atoms with E-state index in [1.807, 2.05) is 0 Å². The average molecular weight is 181 g/mol. The number of alkyl halides is 1. The highest BCUT2D eigenvalue weighted by atomic mass is 79.9. The van der Waals surface area contributed by atoms with Crippen molar-refractivity contribution >= 4 is 22.1 Å². The minimum absolute atomic E-state index is 0.597. The number of carbonyl (C=O) groups is 1. The van der Waals surface area contributed by atoms with Gasteiger partial charge in [-0.2, -0.15) is 0 Å². The Balaban J connectivity index is 3.16. The van der Waals surface area contributed by atoms with E-state index in [0.29, 0.717) is 5.33 Å². The summed E-state index contributed by atoms with van der Waals surface area (Å²) < 4.78 is 3.99. The second kappa shape index (κ2) is 4.64. The molecule has 1 N–H and O–H groups in total. The highest BCUT2D eigenvalue weighted by Crippen LogP contribution is 1.83. The third-order valence-electron chi connectivity index (χ3n) is 0.354. The molecule has 0 aromatic rings. The Bertz CT molecular complexity index is 99.5. The van der Waals surface area contributed by atoms with E-state index >= 15 is 0 Å². The van der Waals surface area contributed by atoms with Crippen molar-refractivity contribution in [3.63, 3.8) is 0 Å². The van der Waals surface area contributed by atoms with E-state index in [4.69, 9.17) is 5.11 Å². The number of hydrogen-bond acceptors (Lipinski definition) is 2. The summed E-state index contributed by atoms with van der Waals surface area (Å²) in [7, 11) is 0. The summed E-state index contributed by atoms with van der Waals surface area (Å²) in [4.78, 5) is 9.59. The molecule has 0 heterocycles. The second-order valence-electron chi connectivity index (χ2n) is 0.910. The summed E-state index contributed by atoms with van der Waals surface area (Å²) in [6.07, 6.45) is 1.35. The van der Waals surface area contributed by atoms with Crippen LogP contribution in [-0.2, 0) is 4.74 Å². The maximum Gasteiger partial charge on any atom is 0.510 e. The van der Waals surface area contributed by atoms with Gasteiger partial charge in [0.1, 0.15) is 0 Å². The maximum absolute atomic E-state index is 9.59. The molecule has 4 heteroatoms. The number of carboxylic acid groups (broad SMARTS) is 1. The molecule has 8 heavy (non-hydrogen) atoms. The zero-order valence-electron chi connectivity index (χ0n) is 4.00. The standard InChI is InChI=1S/C4H5BrO3/c5-2-1-3-8-4(6)7/h1,3H,2H2,(H,6,7). The van der Waals surface area contributed by atoms with Crippen LogP contribution in [0.2, 0.25) is 0 Å². The Hall–Kier alpha value is -0.510. The van der Waals surface area contributed by atoms with E-state index in [1.165, 1.54) is 6.08 Å². The molecule has 0 aliphatic rings. The Labute approximate surface area is 55.1 Å². The summed E-state index contributed by atoms with van der Waals surface area (Å²) >= 11 is 3.04. The van der Waals surface area contributed by atoms with Crippen LogP contribution in [0.3, 0.4) is 0 Å². The first kappa shape index (κ1) is 7.49. The molecule has 0 aliphatic carbocycles. The lowest BCUT2D eigenvalue weighted by Gasteiger charge is -1.84. The number of allylic oxidation sites excluding steroid dienone is 1. The third kappa shape index (κ3) is 5.49. The first-order valence-electron chi connectivity index (χ1n) is 1.88. The highest BCUT2D eigenvalue weighted by Gasteiger charge is 1.86. The quantitative estimate of drug-likeness (QED) is 0.399. The van der Waals surface area contributed by atoms with Crippen molar-refractivity contribution in [3.8, 4) is 0 Å². The summed E-state index contributed by atoms with van der Waals surface area (Å²) in [6, 6.07) is 0. The largest absolute Gasteiger partial charge is 0.510 e. The van der Waals surface area contributed by atoms with Crippen molar-refractivity contribution in [1.82, 2.24) is 0 Å². The normalized spacial score (nSPS) is 9.62. The lowest BCUT2D eigenvalue weighted by Crippen LogP contribution is -1.91. The van der Waals surface area contributed by atoms with Gasteiger partial charge in [-0.3, -0.25) is 0 Å². The van der Waals surface area contributed by atoms with Gasteiger partial charge in [-0.1, -0.05) is 15.9 Å². The highest BCUT2D eigenvalue weighted by molar-refractivity contribution is 9.09. The van der Waals surface area contributed by atoms with Crippen LogP contribution in [0.5, 0.6) is 0 Å². The minimum atomic E-state index is -1.29. The number of rotatable bonds is 2. The van der Waals surface area contributed by atoms with Gasteiger partial charge in [-0.25, -0.2) is 4.79 Å². The fourth-order valence-electron chi connectivity index (χ4n) is 0.143. The van der Waals surface area contributed by atoms with Crippen molar-refractivity contribution in [2.75, 3.05) is 5.33 Å². The zero-order valence-corrected chi connectivity index (χ0v) is 5.59. The molecule has 0 bridgehead atoms. The summed E-state index contributed by atoms with van der Waals surface area (Å²) in [5.74, 6) is 0. The van der Waals surface area contributed by atoms with E-state index < -0.39 is 6.16 Å². The predicted molar refractivity (Wildman–Crippen MR) is 32.0 cm³/mol. The maximum atomic E-state index is 9.59. The molecule has 0 aromatic carbocycles. The van der Waals surface area contributed by atoms with Crippen molar-refractivity contribution < 1.29 is 14.6 Å². The molecular weight excluding hydrogens is 176 g/mol. The topological polar surface area (TPSA) is 46.5 Å². The van der Waals surface area contributed by atoms with E-state index in [0.717, 1.165) is 6.26 Å². The van der Waals surface area contributed by atoms with Crippen LogP contribution < -0.4 is 0 Å². The van der Waals surface area contributed by atoms with E-state index in [2.05, 4.69) is 20.7 Å². The monoisotopic (exact) mass is 180 g/mol. The van der Waals surface area contributed by atoms with Gasteiger partial charge in [0, 0.05) is 5.33 Å². The van der Waals surface area contributed by atoms with Crippen LogP contribution in [0.1, 0.15) is 0 Å². The molecule has 0 unspecified atom stereocenters. The first-order chi connectivity index (χ1) is 3.77. The second-order valence-corrected chi connectivity index (χ2v) is 1.56. The fourth-order valence-corrected chi connectivity index (χ4v) is 0.295. The van der Waals surface area contributed by atoms with E-state index in [9.17, 15) is 4.79 Å². The summed E-state index contributed by atoms with van der Waals surface area (Å²) in [6.45, 7) is 0. The molecule has 0 fully saturated rings. The van der Waals surface area contributed by atoms with Crippen LogP contribution in [0, 0.1) is 0 Å². The van der Waals surface area contributed by atoms with Crippen LogP contribution in [0.4, 0.5) is 4.79 Å². The molecule has 0 spiro atoms. The van der Waals surface area contributed by atoms with Crippen LogP contribution in [-0.4, -0.2) is 16.6 Å². The smallest absolute Gasteiger partial charge is 0.449 e. The molecular formula is C4H5BrO3. The predicted octanol–water partition coefficient (Wildman–Crippen LogP) is 1.59. The Morgan fingerprint density at radius 3 is 2.88 bits per heavy atom. The van der Waals surface area contributed by atoms with Gasteiger partial charge in [-0.05, 0) is 6.08 Å². The molecule has 46 valence electrons. The van der Waals surface area contributed by atoms with Gasteiger partial charge < -0.3 is 9.84 Å². The van der Waals surface area contributed by atoms with Crippen LogP contribution in [0.15, 0.2) is 12.3 Å². The lowest BCUT2D eigenvalue weighted by molar-refractivity contribution is 0.128. The van der Waals surface area contributed by atoms with Crippen molar-refractivity contribution in [2.24, 2.45) is 0 Å². The van der Waals surface area contributed by atoms with Crippen molar-refractivity contribution in [1.29, 1.82) is 0 Å². The molecule has 3 nitrogen and oxygen atoms in total. The molecule has 0 rings (SSSR count). The third-order valence-corrected chi connectivity index (χ3v) is 0.728. The van der Waals surface area contributed by atoms with E-state index in [-0.39, 0.29) is 0 Å². The first-order valence-corrected chi connectivity index (χ1v) is 3.00. The minimum Gasteiger partial charge on any atom is -0.449 e. The number of ether oxygens (including phenoxy) is 1. The number of hydrogen-bond donors (Lipinski definition) is 1. The average Bonchev–Trinajstić information content (AvgIpc) is 1.66. The molecule has 0 saturated carbocycles. The van der Waals surface area contributed by atoms with E-state index in [1.54, 1.807) is 0 Å². The fraction of sp³-hybridized carbons (Fsp3) is 0.250. The van der Waals surface area contributed by atoms with Gasteiger partial charge in [0.25, 0.3) is 0 Å². The Morgan fingerprint density at radius 1 is 1.88 bits per heavy atom. The van der Waals surface area contributed by atoms with Gasteiger partial charge in [0.05, 0.1) is 6.26 Å². The van der Waals surface area contributed by atoms with Gasteiger partial charge in [-0.15, -0.1) is 0 Å². The lowest BCUT2D eigenvalue weighted by atomic mass is 10.7. The Morgan fingerprint density at radius 2 is 2.50 bits per heavy atom. The summed E-state index contributed by atoms with van der Waals surface area (Å²) in [5, 5.41) is 8.45. The van der Waals surface area contributed by atoms with Crippen molar-refractivity contribution in [2.45, 2.75) is 0 Å². The van der Waals surface area contributed by atoms with Gasteiger partial charge in [0.15, 0.2) is 0 Å². The zero-order chi connectivity index (χ0) is 6.41. The van der Waals surface area contributed by atoms with Gasteiger partial charge in [0.2, 0.25) is 0 Å². The molecule has 0 aromatic heterocycles.